The second kappa shape index (κ2) is 12.2. The molecule has 188 valence electrons. The highest BCUT2D eigenvalue weighted by Crippen LogP contribution is 2.30. The van der Waals surface area contributed by atoms with E-state index in [9.17, 15) is 9.59 Å². The SMILES string of the molecule is COc1ccc(CC(=O)Nc2ccc(CN(C(=O)C3CCCCC3)C3CCC(N)CC3)cc2)cc1. The molecule has 2 saturated carbocycles. The Bertz CT molecular complexity index is 960. The van der Waals surface area contributed by atoms with Crippen LogP contribution in [0.2, 0.25) is 0 Å². The highest BCUT2D eigenvalue weighted by Gasteiger charge is 2.32. The average Bonchev–Trinajstić information content (AvgIpc) is 2.89. The van der Waals surface area contributed by atoms with Gasteiger partial charge in [-0.2, -0.15) is 0 Å². The van der Waals surface area contributed by atoms with E-state index in [1.165, 1.54) is 6.42 Å². The van der Waals surface area contributed by atoms with Crippen molar-refractivity contribution in [3.05, 3.63) is 59.7 Å². The fraction of sp³-hybridized carbons (Fsp3) is 0.517. The van der Waals surface area contributed by atoms with Gasteiger partial charge in [0.15, 0.2) is 0 Å². The molecule has 6 heteroatoms. The largest absolute Gasteiger partial charge is 0.497 e. The lowest BCUT2D eigenvalue weighted by atomic mass is 9.85. The van der Waals surface area contributed by atoms with Crippen LogP contribution in [0, 0.1) is 5.92 Å². The third kappa shape index (κ3) is 7.07. The molecule has 0 aliphatic heterocycles. The van der Waals surface area contributed by atoms with Crippen LogP contribution in [-0.2, 0) is 22.6 Å². The lowest BCUT2D eigenvalue weighted by Crippen LogP contribution is -2.46. The van der Waals surface area contributed by atoms with E-state index in [0.717, 1.165) is 73.9 Å². The van der Waals surface area contributed by atoms with Crippen molar-refractivity contribution >= 4 is 17.5 Å². The Balaban J connectivity index is 1.38. The summed E-state index contributed by atoms with van der Waals surface area (Å²) in [5, 5.41) is 2.98. The van der Waals surface area contributed by atoms with Gasteiger partial charge in [-0.3, -0.25) is 9.59 Å². The molecule has 2 aromatic carbocycles. The van der Waals surface area contributed by atoms with Crippen molar-refractivity contribution in [2.75, 3.05) is 12.4 Å². The average molecular weight is 478 g/mol. The van der Waals surface area contributed by atoms with Crippen LogP contribution < -0.4 is 15.8 Å². The number of amides is 2. The Kier molecular flexibility index (Phi) is 8.80. The van der Waals surface area contributed by atoms with Gasteiger partial charge in [0.2, 0.25) is 11.8 Å². The number of hydrogen-bond donors (Lipinski definition) is 2. The smallest absolute Gasteiger partial charge is 0.228 e. The molecule has 0 radical (unpaired) electrons. The highest BCUT2D eigenvalue weighted by molar-refractivity contribution is 5.92. The molecule has 0 heterocycles. The van der Waals surface area contributed by atoms with E-state index in [0.29, 0.717) is 18.9 Å². The molecule has 35 heavy (non-hydrogen) atoms. The normalized spacial score (nSPS) is 20.7. The van der Waals surface area contributed by atoms with E-state index in [4.69, 9.17) is 10.5 Å². The van der Waals surface area contributed by atoms with Crippen LogP contribution in [0.3, 0.4) is 0 Å². The second-order valence-corrected chi connectivity index (χ2v) is 10.1. The molecule has 4 rings (SSSR count). The molecule has 2 aliphatic rings. The third-order valence-corrected chi connectivity index (χ3v) is 7.53. The summed E-state index contributed by atoms with van der Waals surface area (Å²) in [4.78, 5) is 28.2. The van der Waals surface area contributed by atoms with Crippen LogP contribution >= 0.6 is 0 Å². The fourth-order valence-corrected chi connectivity index (χ4v) is 5.41. The maximum atomic E-state index is 13.5. The molecule has 0 aromatic heterocycles. The summed E-state index contributed by atoms with van der Waals surface area (Å²) in [6.45, 7) is 0.620. The number of hydrogen-bond acceptors (Lipinski definition) is 4. The van der Waals surface area contributed by atoms with Crippen molar-refractivity contribution in [1.29, 1.82) is 0 Å². The number of rotatable bonds is 8. The van der Waals surface area contributed by atoms with Crippen LogP contribution in [0.4, 0.5) is 5.69 Å². The van der Waals surface area contributed by atoms with E-state index in [1.807, 2.05) is 48.5 Å². The summed E-state index contributed by atoms with van der Waals surface area (Å²) in [6, 6.07) is 16.0. The number of nitrogens with zero attached hydrogens (tertiary/aromatic N) is 1. The van der Waals surface area contributed by atoms with E-state index in [-0.39, 0.29) is 23.9 Å². The first-order chi connectivity index (χ1) is 17.0. The monoisotopic (exact) mass is 477 g/mol. The zero-order valence-electron chi connectivity index (χ0n) is 20.9. The van der Waals surface area contributed by atoms with Gasteiger partial charge in [-0.25, -0.2) is 0 Å². The van der Waals surface area contributed by atoms with Gasteiger partial charge in [0.1, 0.15) is 5.75 Å². The minimum absolute atomic E-state index is 0.0597. The van der Waals surface area contributed by atoms with Crippen LogP contribution in [0.5, 0.6) is 5.75 Å². The first-order valence-electron chi connectivity index (χ1n) is 13.1. The number of carbonyl (C=O) groups excluding carboxylic acids is 2. The number of benzene rings is 2. The third-order valence-electron chi connectivity index (χ3n) is 7.53. The molecule has 0 bridgehead atoms. The molecule has 0 saturated heterocycles. The highest BCUT2D eigenvalue weighted by atomic mass is 16.5. The summed E-state index contributed by atoms with van der Waals surface area (Å²) < 4.78 is 5.17. The van der Waals surface area contributed by atoms with Gasteiger partial charge in [0.05, 0.1) is 13.5 Å². The van der Waals surface area contributed by atoms with E-state index >= 15 is 0 Å². The minimum Gasteiger partial charge on any atom is -0.497 e. The molecule has 2 fully saturated rings. The standard InChI is InChI=1S/C29H39N3O3/c1-35-27-17-9-21(10-18-27)19-28(33)31-25-13-7-22(8-14-25)20-32(26-15-11-24(30)12-16-26)29(34)23-5-3-2-4-6-23/h7-10,13-14,17-18,23-24,26H,2-6,11-12,15-16,19-20,30H2,1H3,(H,31,33). The van der Waals surface area contributed by atoms with E-state index < -0.39 is 0 Å². The molecule has 3 N–H and O–H groups in total. The molecule has 6 nitrogen and oxygen atoms in total. The Morgan fingerprint density at radius 1 is 0.886 bits per heavy atom. The summed E-state index contributed by atoms with van der Waals surface area (Å²) in [5.41, 5.74) is 8.94. The molecular formula is C29H39N3O3. The summed E-state index contributed by atoms with van der Waals surface area (Å²) >= 11 is 0. The fourth-order valence-electron chi connectivity index (χ4n) is 5.41. The lowest BCUT2D eigenvalue weighted by molar-refractivity contribution is -0.140. The maximum Gasteiger partial charge on any atom is 0.228 e. The maximum absolute atomic E-state index is 13.5. The zero-order chi connectivity index (χ0) is 24.6. The summed E-state index contributed by atoms with van der Waals surface area (Å²) in [7, 11) is 1.63. The molecular weight excluding hydrogens is 438 g/mol. The molecule has 2 aliphatic carbocycles. The van der Waals surface area contributed by atoms with E-state index in [2.05, 4.69) is 10.2 Å². The van der Waals surface area contributed by atoms with Gasteiger partial charge in [0, 0.05) is 30.2 Å². The number of nitrogens with two attached hydrogens (primary N) is 1. The first kappa shape index (κ1) is 25.2. The van der Waals surface area contributed by atoms with Crippen LogP contribution in [0.25, 0.3) is 0 Å². The number of nitrogens with one attached hydrogen (secondary N) is 1. The number of ether oxygens (including phenoxy) is 1. The Hall–Kier alpha value is -2.86. The topological polar surface area (TPSA) is 84.7 Å². The molecule has 2 aromatic rings. The minimum atomic E-state index is -0.0597. The van der Waals surface area contributed by atoms with Crippen molar-refractivity contribution in [2.24, 2.45) is 11.7 Å². The molecule has 2 amide bonds. The van der Waals surface area contributed by atoms with Gasteiger partial charge in [-0.1, -0.05) is 43.5 Å². The Morgan fingerprint density at radius 2 is 1.51 bits per heavy atom. The van der Waals surface area contributed by atoms with Crippen molar-refractivity contribution in [3.8, 4) is 5.75 Å². The second-order valence-electron chi connectivity index (χ2n) is 10.1. The summed E-state index contributed by atoms with van der Waals surface area (Å²) in [6.07, 6.45) is 9.83. The number of anilines is 1. The van der Waals surface area contributed by atoms with Crippen LogP contribution in [0.15, 0.2) is 48.5 Å². The molecule has 0 unspecified atom stereocenters. The van der Waals surface area contributed by atoms with Crippen molar-refractivity contribution < 1.29 is 14.3 Å². The quantitative estimate of drug-likeness (QED) is 0.557. The van der Waals surface area contributed by atoms with Crippen LogP contribution in [-0.4, -0.2) is 35.9 Å². The van der Waals surface area contributed by atoms with Crippen LogP contribution in [0.1, 0.15) is 68.9 Å². The number of carbonyl (C=O) groups is 2. The zero-order valence-corrected chi connectivity index (χ0v) is 20.9. The van der Waals surface area contributed by atoms with Gasteiger partial charge in [-0.15, -0.1) is 0 Å². The Morgan fingerprint density at radius 3 is 2.14 bits per heavy atom. The number of methoxy groups -OCH3 is 1. The van der Waals surface area contributed by atoms with Crippen molar-refractivity contribution in [1.82, 2.24) is 4.90 Å². The lowest BCUT2D eigenvalue weighted by Gasteiger charge is -2.39. The van der Waals surface area contributed by atoms with Gasteiger partial charge in [0.25, 0.3) is 0 Å². The van der Waals surface area contributed by atoms with Gasteiger partial charge >= 0.3 is 0 Å². The van der Waals surface area contributed by atoms with Gasteiger partial charge < -0.3 is 20.7 Å². The molecule has 0 atom stereocenters. The predicted molar refractivity (Wildman–Crippen MR) is 139 cm³/mol. The summed E-state index contributed by atoms with van der Waals surface area (Å²) in [5.74, 6) is 1.20. The molecule has 0 spiro atoms. The van der Waals surface area contributed by atoms with Gasteiger partial charge in [-0.05, 0) is 73.9 Å². The van der Waals surface area contributed by atoms with Crippen molar-refractivity contribution in [3.63, 3.8) is 0 Å². The first-order valence-corrected chi connectivity index (χ1v) is 13.1. The van der Waals surface area contributed by atoms with E-state index in [1.54, 1.807) is 7.11 Å². The van der Waals surface area contributed by atoms with Crippen molar-refractivity contribution in [2.45, 2.75) is 82.8 Å². The predicted octanol–water partition coefficient (Wildman–Crippen LogP) is 5.06. The Labute approximate surface area is 209 Å².